The van der Waals surface area contributed by atoms with Crippen LogP contribution in [0.4, 0.5) is 23.2 Å². The zero-order valence-electron chi connectivity index (χ0n) is 14.8. The summed E-state index contributed by atoms with van der Waals surface area (Å²) in [6.45, 7) is 1.84. The standard InChI is InChI=1S/C18H16ClF4NO3S/c1-3-26-17(25)16(28-2)11-8-10(4-5-14(11)24)27-15-12(19)6-9(7-13(15)20)18(21,22)23/h4-8,16H,3,24H2,1-2H3. The van der Waals surface area contributed by atoms with Gasteiger partial charge in [0.15, 0.2) is 11.6 Å². The lowest BCUT2D eigenvalue weighted by Gasteiger charge is -2.17. The van der Waals surface area contributed by atoms with Crippen molar-refractivity contribution in [3.63, 3.8) is 0 Å². The van der Waals surface area contributed by atoms with Crippen molar-refractivity contribution in [2.75, 3.05) is 18.6 Å². The number of hydrogen-bond donors (Lipinski definition) is 1. The van der Waals surface area contributed by atoms with E-state index in [1.807, 2.05) is 0 Å². The topological polar surface area (TPSA) is 61.5 Å². The fourth-order valence-corrected chi connectivity index (χ4v) is 3.32. The second kappa shape index (κ2) is 8.91. The lowest BCUT2D eigenvalue weighted by atomic mass is 10.1. The summed E-state index contributed by atoms with van der Waals surface area (Å²) < 4.78 is 62.7. The van der Waals surface area contributed by atoms with E-state index in [-0.39, 0.29) is 18.0 Å². The number of anilines is 1. The third-order valence-electron chi connectivity index (χ3n) is 3.62. The van der Waals surface area contributed by atoms with Crippen molar-refractivity contribution < 1.29 is 31.8 Å². The normalized spacial score (nSPS) is 12.5. The largest absolute Gasteiger partial charge is 0.465 e. The van der Waals surface area contributed by atoms with Gasteiger partial charge in [-0.1, -0.05) is 11.6 Å². The van der Waals surface area contributed by atoms with Gasteiger partial charge in [0.2, 0.25) is 0 Å². The predicted octanol–water partition coefficient (Wildman–Crippen LogP) is 5.84. The Hall–Kier alpha value is -2.13. The Kier molecular flexibility index (Phi) is 7.06. The van der Waals surface area contributed by atoms with Crippen LogP contribution >= 0.6 is 23.4 Å². The second-order valence-electron chi connectivity index (χ2n) is 5.53. The molecule has 0 heterocycles. The third-order valence-corrected chi connectivity index (χ3v) is 4.82. The first kappa shape index (κ1) is 22.2. The van der Waals surface area contributed by atoms with E-state index in [0.29, 0.717) is 17.7 Å². The van der Waals surface area contributed by atoms with Crippen molar-refractivity contribution in [1.82, 2.24) is 0 Å². The summed E-state index contributed by atoms with van der Waals surface area (Å²) in [5.74, 6) is -2.31. The van der Waals surface area contributed by atoms with E-state index in [4.69, 9.17) is 26.8 Å². The molecule has 0 aromatic heterocycles. The molecule has 28 heavy (non-hydrogen) atoms. The zero-order chi connectivity index (χ0) is 21.1. The van der Waals surface area contributed by atoms with E-state index in [9.17, 15) is 22.4 Å². The van der Waals surface area contributed by atoms with Crippen LogP contribution in [-0.4, -0.2) is 18.8 Å². The lowest BCUT2D eigenvalue weighted by Crippen LogP contribution is -2.14. The molecule has 0 aliphatic rings. The number of halogens is 5. The summed E-state index contributed by atoms with van der Waals surface area (Å²) in [7, 11) is 0. The van der Waals surface area contributed by atoms with Crippen LogP contribution in [0.5, 0.6) is 11.5 Å². The minimum Gasteiger partial charge on any atom is -0.465 e. The monoisotopic (exact) mass is 437 g/mol. The van der Waals surface area contributed by atoms with Crippen LogP contribution in [0.3, 0.4) is 0 Å². The number of carbonyl (C=O) groups is 1. The molecule has 0 spiro atoms. The Morgan fingerprint density at radius 1 is 1.29 bits per heavy atom. The maximum Gasteiger partial charge on any atom is 0.416 e. The molecule has 0 saturated carbocycles. The van der Waals surface area contributed by atoms with Crippen LogP contribution in [0, 0.1) is 5.82 Å². The number of carbonyl (C=O) groups excluding carboxylic acids is 1. The highest BCUT2D eigenvalue weighted by molar-refractivity contribution is 7.99. The Labute approximate surface area is 167 Å². The Morgan fingerprint density at radius 3 is 2.50 bits per heavy atom. The number of nitrogens with two attached hydrogens (primary N) is 1. The average Bonchev–Trinajstić information content (AvgIpc) is 2.60. The van der Waals surface area contributed by atoms with E-state index in [0.717, 1.165) is 0 Å². The molecule has 0 aliphatic heterocycles. The molecule has 0 radical (unpaired) electrons. The maximum absolute atomic E-state index is 14.1. The van der Waals surface area contributed by atoms with Gasteiger partial charge < -0.3 is 15.2 Å². The molecule has 0 saturated heterocycles. The molecule has 0 aliphatic carbocycles. The zero-order valence-corrected chi connectivity index (χ0v) is 16.3. The number of benzene rings is 2. The van der Waals surface area contributed by atoms with Crippen LogP contribution in [-0.2, 0) is 15.7 Å². The second-order valence-corrected chi connectivity index (χ2v) is 6.88. The highest BCUT2D eigenvalue weighted by Gasteiger charge is 2.33. The van der Waals surface area contributed by atoms with Crippen LogP contribution in [0.25, 0.3) is 0 Å². The fraction of sp³-hybridized carbons (Fsp3) is 0.278. The first-order chi connectivity index (χ1) is 13.1. The number of nitrogen functional groups attached to an aromatic ring is 1. The minimum atomic E-state index is -4.75. The van der Waals surface area contributed by atoms with E-state index in [2.05, 4.69) is 0 Å². The highest BCUT2D eigenvalue weighted by atomic mass is 35.5. The number of hydrogen-bond acceptors (Lipinski definition) is 5. The van der Waals surface area contributed by atoms with Crippen LogP contribution in [0.15, 0.2) is 30.3 Å². The molecule has 2 rings (SSSR count). The molecular weight excluding hydrogens is 422 g/mol. The number of alkyl halides is 3. The molecule has 1 unspecified atom stereocenters. The molecule has 2 aromatic rings. The van der Waals surface area contributed by atoms with Crippen molar-refractivity contribution in [1.29, 1.82) is 0 Å². The quantitative estimate of drug-likeness (QED) is 0.349. The van der Waals surface area contributed by atoms with Gasteiger partial charge in [-0.25, -0.2) is 4.39 Å². The van der Waals surface area contributed by atoms with E-state index in [1.54, 1.807) is 13.2 Å². The molecule has 0 fully saturated rings. The van der Waals surface area contributed by atoms with Crippen molar-refractivity contribution in [2.24, 2.45) is 0 Å². The van der Waals surface area contributed by atoms with Crippen LogP contribution < -0.4 is 10.5 Å². The SMILES string of the molecule is CCOC(=O)C(SC)c1cc(Oc2c(F)cc(C(F)(F)F)cc2Cl)ccc1N. The molecule has 0 amide bonds. The molecule has 2 aromatic carbocycles. The summed E-state index contributed by atoms with van der Waals surface area (Å²) in [4.78, 5) is 12.1. The van der Waals surface area contributed by atoms with Crippen molar-refractivity contribution in [3.8, 4) is 11.5 Å². The summed E-state index contributed by atoms with van der Waals surface area (Å²) in [6, 6.07) is 5.07. The minimum absolute atomic E-state index is 0.0492. The highest BCUT2D eigenvalue weighted by Crippen LogP contribution is 2.40. The Bertz CT molecular complexity index is 853. The van der Waals surface area contributed by atoms with Gasteiger partial charge in [0.25, 0.3) is 0 Å². The van der Waals surface area contributed by atoms with E-state index >= 15 is 0 Å². The van der Waals surface area contributed by atoms with Crippen molar-refractivity contribution >= 4 is 35.0 Å². The Balaban J connectivity index is 2.39. The number of esters is 1. The van der Waals surface area contributed by atoms with Gasteiger partial charge in [-0.3, -0.25) is 4.79 Å². The van der Waals surface area contributed by atoms with Crippen molar-refractivity contribution in [3.05, 3.63) is 52.3 Å². The van der Waals surface area contributed by atoms with Crippen LogP contribution in [0.1, 0.15) is 23.3 Å². The van der Waals surface area contributed by atoms with Gasteiger partial charge in [-0.15, -0.1) is 11.8 Å². The van der Waals surface area contributed by atoms with E-state index < -0.39 is 39.5 Å². The average molecular weight is 438 g/mol. The van der Waals surface area contributed by atoms with Gasteiger partial charge in [0, 0.05) is 11.3 Å². The van der Waals surface area contributed by atoms with Crippen molar-refractivity contribution in [2.45, 2.75) is 18.3 Å². The van der Waals surface area contributed by atoms with Gasteiger partial charge in [0.05, 0.1) is 17.2 Å². The molecular formula is C18H16ClF4NO3S. The summed E-state index contributed by atoms with van der Waals surface area (Å²) >= 11 is 6.95. The Morgan fingerprint density at radius 2 is 1.96 bits per heavy atom. The number of ether oxygens (including phenoxy) is 2. The molecule has 4 nitrogen and oxygen atoms in total. The first-order valence-corrected chi connectivity index (χ1v) is 9.58. The first-order valence-electron chi connectivity index (χ1n) is 7.91. The van der Waals surface area contributed by atoms with Gasteiger partial charge in [-0.05, 0) is 43.5 Å². The van der Waals surface area contributed by atoms with E-state index in [1.165, 1.54) is 30.0 Å². The number of thioether (sulfide) groups is 1. The molecule has 1 atom stereocenters. The number of rotatable bonds is 6. The maximum atomic E-state index is 14.1. The smallest absolute Gasteiger partial charge is 0.416 e. The third kappa shape index (κ3) is 5.02. The van der Waals surface area contributed by atoms with Gasteiger partial charge in [-0.2, -0.15) is 13.2 Å². The molecule has 152 valence electrons. The molecule has 0 bridgehead atoms. The summed E-state index contributed by atoms with van der Waals surface area (Å²) in [6.07, 6.45) is -3.07. The van der Waals surface area contributed by atoms with Gasteiger partial charge in [0.1, 0.15) is 11.0 Å². The van der Waals surface area contributed by atoms with Gasteiger partial charge >= 0.3 is 12.1 Å². The predicted molar refractivity (Wildman–Crippen MR) is 100 cm³/mol. The fourth-order valence-electron chi connectivity index (χ4n) is 2.35. The molecule has 10 heteroatoms. The molecule has 2 N–H and O–H groups in total. The summed E-state index contributed by atoms with van der Waals surface area (Å²) in [5, 5.41) is -1.30. The lowest BCUT2D eigenvalue weighted by molar-refractivity contribution is -0.142. The summed E-state index contributed by atoms with van der Waals surface area (Å²) in [5.41, 5.74) is 5.33. The van der Waals surface area contributed by atoms with Crippen LogP contribution in [0.2, 0.25) is 5.02 Å².